The summed E-state index contributed by atoms with van der Waals surface area (Å²) in [5.74, 6) is -1.96. The Kier molecular flexibility index (Phi) is 5.04. The number of nitrogens with zero attached hydrogens (tertiary/aromatic N) is 2. The van der Waals surface area contributed by atoms with E-state index in [0.717, 1.165) is 5.56 Å². The SMILES string of the molecule is O=C(O)CNC(=O)c1c(=O)cc(CCc2ccc(Cl)cc2)n2cn[nH]c12. The van der Waals surface area contributed by atoms with Crippen molar-refractivity contribution in [3.8, 4) is 0 Å². The van der Waals surface area contributed by atoms with Crippen molar-refractivity contribution in [3.05, 3.63) is 68.7 Å². The molecule has 0 aliphatic carbocycles. The number of hydrogen-bond acceptors (Lipinski definition) is 4. The summed E-state index contributed by atoms with van der Waals surface area (Å²) in [4.78, 5) is 35.2. The van der Waals surface area contributed by atoms with Crippen molar-refractivity contribution in [3.63, 3.8) is 0 Å². The Morgan fingerprint density at radius 2 is 1.96 bits per heavy atom. The number of benzene rings is 1. The van der Waals surface area contributed by atoms with Crippen LogP contribution in [-0.4, -0.2) is 38.1 Å². The number of H-pyrrole nitrogens is 1. The van der Waals surface area contributed by atoms with Gasteiger partial charge in [-0.25, -0.2) is 0 Å². The molecule has 0 aliphatic rings. The predicted molar refractivity (Wildman–Crippen MR) is 94.6 cm³/mol. The predicted octanol–water partition coefficient (Wildman–Crippen LogP) is 1.28. The number of rotatable bonds is 6. The molecular formula is C17H15ClN4O4. The summed E-state index contributed by atoms with van der Waals surface area (Å²) < 4.78 is 1.62. The summed E-state index contributed by atoms with van der Waals surface area (Å²) >= 11 is 5.87. The third-order valence-electron chi connectivity index (χ3n) is 3.89. The van der Waals surface area contributed by atoms with Crippen molar-refractivity contribution < 1.29 is 14.7 Å². The first-order chi connectivity index (χ1) is 12.5. The van der Waals surface area contributed by atoms with Crippen molar-refractivity contribution >= 4 is 29.1 Å². The zero-order chi connectivity index (χ0) is 18.7. The van der Waals surface area contributed by atoms with Gasteiger partial charge in [0.05, 0.1) is 0 Å². The first kappa shape index (κ1) is 17.7. The van der Waals surface area contributed by atoms with Gasteiger partial charge >= 0.3 is 5.97 Å². The Morgan fingerprint density at radius 1 is 1.23 bits per heavy atom. The number of halogens is 1. The number of aromatic amines is 1. The van der Waals surface area contributed by atoms with Gasteiger partial charge in [0.1, 0.15) is 24.1 Å². The molecule has 26 heavy (non-hydrogen) atoms. The Bertz CT molecular complexity index is 1020. The molecule has 3 aromatic rings. The van der Waals surface area contributed by atoms with Crippen LogP contribution < -0.4 is 10.7 Å². The Morgan fingerprint density at radius 3 is 2.65 bits per heavy atom. The maximum atomic E-state index is 12.4. The van der Waals surface area contributed by atoms with Crippen molar-refractivity contribution in [1.82, 2.24) is 19.9 Å². The summed E-state index contributed by atoms with van der Waals surface area (Å²) in [5.41, 5.74) is 1.31. The van der Waals surface area contributed by atoms with Gasteiger partial charge in [0, 0.05) is 16.8 Å². The highest BCUT2D eigenvalue weighted by molar-refractivity contribution is 6.30. The van der Waals surface area contributed by atoms with Crippen LogP contribution >= 0.6 is 11.6 Å². The van der Waals surface area contributed by atoms with Gasteiger partial charge in [0.2, 0.25) is 0 Å². The minimum atomic E-state index is -1.20. The minimum Gasteiger partial charge on any atom is -0.480 e. The van der Waals surface area contributed by atoms with E-state index in [9.17, 15) is 14.4 Å². The molecule has 0 bridgehead atoms. The molecule has 0 saturated heterocycles. The first-order valence-electron chi connectivity index (χ1n) is 7.78. The molecule has 0 atom stereocenters. The molecule has 0 saturated carbocycles. The number of aliphatic carboxylic acids is 1. The topological polar surface area (TPSA) is 117 Å². The van der Waals surface area contributed by atoms with E-state index >= 15 is 0 Å². The van der Waals surface area contributed by atoms with Crippen LogP contribution in [0.15, 0.2) is 41.5 Å². The van der Waals surface area contributed by atoms with E-state index in [1.807, 2.05) is 12.1 Å². The number of carbonyl (C=O) groups is 2. The molecule has 134 valence electrons. The number of fused-ring (bicyclic) bond motifs is 1. The molecule has 0 aliphatic heterocycles. The number of aromatic nitrogens is 3. The van der Waals surface area contributed by atoms with Gasteiger partial charge in [-0.05, 0) is 30.5 Å². The number of carboxylic acids is 1. The van der Waals surface area contributed by atoms with E-state index < -0.39 is 23.9 Å². The van der Waals surface area contributed by atoms with Crippen LogP contribution in [0.25, 0.3) is 5.65 Å². The Labute approximate surface area is 152 Å². The highest BCUT2D eigenvalue weighted by Gasteiger charge is 2.18. The Hall–Kier alpha value is -3.13. The molecule has 0 radical (unpaired) electrons. The molecule has 0 fully saturated rings. The van der Waals surface area contributed by atoms with Gasteiger partial charge in [-0.1, -0.05) is 23.7 Å². The first-order valence-corrected chi connectivity index (χ1v) is 8.15. The second-order valence-electron chi connectivity index (χ2n) is 5.65. The quantitative estimate of drug-likeness (QED) is 0.601. The van der Waals surface area contributed by atoms with Crippen LogP contribution in [0.2, 0.25) is 5.02 Å². The van der Waals surface area contributed by atoms with Crippen molar-refractivity contribution in [2.24, 2.45) is 0 Å². The summed E-state index contributed by atoms with van der Waals surface area (Å²) in [6.07, 6.45) is 2.70. The van der Waals surface area contributed by atoms with Gasteiger partial charge in [-0.2, -0.15) is 5.10 Å². The summed E-state index contributed by atoms with van der Waals surface area (Å²) in [7, 11) is 0. The molecule has 1 aromatic carbocycles. The minimum absolute atomic E-state index is 0.168. The van der Waals surface area contributed by atoms with E-state index in [1.165, 1.54) is 12.4 Å². The van der Waals surface area contributed by atoms with Gasteiger partial charge < -0.3 is 10.4 Å². The zero-order valence-corrected chi connectivity index (χ0v) is 14.3. The van der Waals surface area contributed by atoms with Crippen LogP contribution in [0.5, 0.6) is 0 Å². The van der Waals surface area contributed by atoms with Crippen molar-refractivity contribution in [2.75, 3.05) is 6.54 Å². The fraction of sp³-hybridized carbons (Fsp3) is 0.176. The van der Waals surface area contributed by atoms with Crippen LogP contribution in [0.1, 0.15) is 21.6 Å². The fourth-order valence-corrected chi connectivity index (χ4v) is 2.77. The van der Waals surface area contributed by atoms with Gasteiger partial charge in [-0.15, -0.1) is 0 Å². The number of amides is 1. The number of carboxylic acid groups (broad SMARTS) is 1. The molecule has 9 heteroatoms. The van der Waals surface area contributed by atoms with Crippen LogP contribution in [0.4, 0.5) is 0 Å². The third-order valence-corrected chi connectivity index (χ3v) is 4.14. The lowest BCUT2D eigenvalue weighted by Crippen LogP contribution is -2.33. The maximum Gasteiger partial charge on any atom is 0.322 e. The molecule has 1 amide bonds. The third kappa shape index (κ3) is 3.75. The second-order valence-corrected chi connectivity index (χ2v) is 6.09. The number of pyridine rings is 1. The van der Waals surface area contributed by atoms with Gasteiger partial charge in [0.25, 0.3) is 5.91 Å². The van der Waals surface area contributed by atoms with Crippen molar-refractivity contribution in [2.45, 2.75) is 12.8 Å². The van der Waals surface area contributed by atoms with E-state index in [4.69, 9.17) is 16.7 Å². The number of aryl methyl sites for hydroxylation is 2. The van der Waals surface area contributed by atoms with Gasteiger partial charge in [-0.3, -0.25) is 23.9 Å². The standard InChI is InChI=1S/C17H15ClN4O4/c18-11-4-1-10(2-5-11)3-6-12-7-13(23)15(16-21-20-9-22(12)16)17(26)19-8-14(24)25/h1-2,4-5,7,9,21H,3,6,8H2,(H,19,26)(H,24,25). The van der Waals surface area contributed by atoms with Gasteiger partial charge in [0.15, 0.2) is 5.43 Å². The Balaban J connectivity index is 1.89. The maximum absolute atomic E-state index is 12.4. The molecule has 8 nitrogen and oxygen atoms in total. The lowest BCUT2D eigenvalue weighted by Gasteiger charge is -2.08. The monoisotopic (exact) mass is 374 g/mol. The average molecular weight is 375 g/mol. The summed E-state index contributed by atoms with van der Waals surface area (Å²) in [6, 6.07) is 8.78. The number of nitrogens with one attached hydrogen (secondary N) is 2. The molecule has 2 heterocycles. The highest BCUT2D eigenvalue weighted by atomic mass is 35.5. The average Bonchev–Trinajstić information content (AvgIpc) is 3.08. The zero-order valence-electron chi connectivity index (χ0n) is 13.5. The fourth-order valence-electron chi connectivity index (χ4n) is 2.64. The van der Waals surface area contributed by atoms with Crippen LogP contribution in [0.3, 0.4) is 0 Å². The highest BCUT2D eigenvalue weighted by Crippen LogP contribution is 2.13. The van der Waals surface area contributed by atoms with E-state index in [2.05, 4.69) is 15.5 Å². The smallest absolute Gasteiger partial charge is 0.322 e. The summed E-state index contributed by atoms with van der Waals surface area (Å²) in [5, 5.41) is 18.0. The molecule has 3 N–H and O–H groups in total. The normalized spacial score (nSPS) is 10.8. The van der Waals surface area contributed by atoms with Crippen molar-refractivity contribution in [1.29, 1.82) is 0 Å². The molecular weight excluding hydrogens is 360 g/mol. The lowest BCUT2D eigenvalue weighted by molar-refractivity contribution is -0.135. The van der Waals surface area contributed by atoms with E-state index in [-0.39, 0.29) is 11.2 Å². The molecule has 0 spiro atoms. The molecule has 3 rings (SSSR count). The number of hydrogen-bond donors (Lipinski definition) is 3. The summed E-state index contributed by atoms with van der Waals surface area (Å²) in [6.45, 7) is -0.573. The van der Waals surface area contributed by atoms with E-state index in [1.54, 1.807) is 16.5 Å². The second kappa shape index (κ2) is 7.40. The molecule has 2 aromatic heterocycles. The molecule has 0 unspecified atom stereocenters. The van der Waals surface area contributed by atoms with E-state index in [0.29, 0.717) is 23.6 Å². The lowest BCUT2D eigenvalue weighted by atomic mass is 10.1. The largest absolute Gasteiger partial charge is 0.480 e. The number of carbonyl (C=O) groups excluding carboxylic acids is 1. The van der Waals surface area contributed by atoms with Crippen LogP contribution in [0, 0.1) is 0 Å². The van der Waals surface area contributed by atoms with Crippen LogP contribution in [-0.2, 0) is 17.6 Å².